The smallest absolute Gasteiger partial charge is 0.208 e. The van der Waals surface area contributed by atoms with Crippen molar-refractivity contribution in [3.05, 3.63) is 71.8 Å². The Kier molecular flexibility index (Phi) is 6.38. The highest BCUT2D eigenvalue weighted by Crippen LogP contribution is 2.41. The molecular formula is C24H32N2O2S. The van der Waals surface area contributed by atoms with Gasteiger partial charge in [0.1, 0.15) is 0 Å². The van der Waals surface area contributed by atoms with Crippen molar-refractivity contribution in [3.8, 4) is 0 Å². The summed E-state index contributed by atoms with van der Waals surface area (Å²) in [6.07, 6.45) is 5.50. The number of nitrogens with zero attached hydrogens (tertiary/aromatic N) is 1. The van der Waals surface area contributed by atoms with Crippen LogP contribution in [-0.2, 0) is 10.0 Å². The highest BCUT2D eigenvalue weighted by Gasteiger charge is 2.37. The van der Waals surface area contributed by atoms with E-state index in [4.69, 9.17) is 0 Å². The van der Waals surface area contributed by atoms with Gasteiger partial charge < -0.3 is 4.90 Å². The van der Waals surface area contributed by atoms with Crippen LogP contribution in [0.5, 0.6) is 0 Å². The van der Waals surface area contributed by atoms with Crippen molar-refractivity contribution in [3.63, 3.8) is 0 Å². The van der Waals surface area contributed by atoms with Crippen molar-refractivity contribution in [2.75, 3.05) is 25.9 Å². The maximum atomic E-state index is 11.8. The molecule has 2 aliphatic rings. The van der Waals surface area contributed by atoms with Crippen molar-refractivity contribution < 1.29 is 8.42 Å². The molecule has 1 heterocycles. The number of piperidine rings is 1. The fourth-order valence-corrected chi connectivity index (χ4v) is 6.14. The average Bonchev–Trinajstić information content (AvgIpc) is 3.10. The molecule has 4 nitrogen and oxygen atoms in total. The summed E-state index contributed by atoms with van der Waals surface area (Å²) in [4.78, 5) is 2.60. The average molecular weight is 413 g/mol. The molecule has 1 N–H and O–H groups in total. The number of rotatable bonds is 6. The Balaban J connectivity index is 1.40. The molecule has 2 aromatic rings. The van der Waals surface area contributed by atoms with E-state index in [2.05, 4.69) is 64.2 Å². The topological polar surface area (TPSA) is 49.4 Å². The summed E-state index contributed by atoms with van der Waals surface area (Å²) < 4.78 is 26.4. The second-order valence-electron chi connectivity index (χ2n) is 8.82. The van der Waals surface area contributed by atoms with Gasteiger partial charge in [-0.2, -0.15) is 0 Å². The molecule has 2 fully saturated rings. The molecule has 0 aromatic heterocycles. The largest absolute Gasteiger partial charge is 0.303 e. The highest BCUT2D eigenvalue weighted by atomic mass is 32.2. The van der Waals surface area contributed by atoms with Gasteiger partial charge >= 0.3 is 0 Å². The van der Waals surface area contributed by atoms with E-state index >= 15 is 0 Å². The number of hydrogen-bond acceptors (Lipinski definition) is 3. The molecule has 29 heavy (non-hydrogen) atoms. The molecule has 4 rings (SSSR count). The summed E-state index contributed by atoms with van der Waals surface area (Å²) in [6, 6.07) is 21.5. The lowest BCUT2D eigenvalue weighted by atomic mass is 9.86. The van der Waals surface area contributed by atoms with E-state index in [1.807, 2.05) is 6.07 Å². The summed E-state index contributed by atoms with van der Waals surface area (Å²) in [7, 11) is -3.17. The zero-order valence-corrected chi connectivity index (χ0v) is 18.0. The highest BCUT2D eigenvalue weighted by molar-refractivity contribution is 7.88. The number of benzene rings is 2. The number of nitrogens with one attached hydrogen (secondary N) is 1. The molecule has 0 radical (unpaired) electrons. The third-order valence-corrected chi connectivity index (χ3v) is 7.42. The fraction of sp³-hybridized carbons (Fsp3) is 0.500. The van der Waals surface area contributed by atoms with Crippen molar-refractivity contribution in [1.29, 1.82) is 0 Å². The number of likely N-dealkylation sites (tertiary alicyclic amines) is 1. The van der Waals surface area contributed by atoms with E-state index in [9.17, 15) is 8.42 Å². The quantitative estimate of drug-likeness (QED) is 0.781. The van der Waals surface area contributed by atoms with Crippen molar-refractivity contribution >= 4 is 10.0 Å². The van der Waals surface area contributed by atoms with E-state index < -0.39 is 10.0 Å². The van der Waals surface area contributed by atoms with Crippen LogP contribution in [0.15, 0.2) is 60.7 Å². The Labute approximate surface area is 175 Å². The molecule has 156 valence electrons. The zero-order chi connectivity index (χ0) is 20.3. The van der Waals surface area contributed by atoms with Crippen LogP contribution in [-0.4, -0.2) is 45.2 Å². The van der Waals surface area contributed by atoms with E-state index in [1.165, 1.54) is 30.2 Å². The first-order valence-corrected chi connectivity index (χ1v) is 12.7. The van der Waals surface area contributed by atoms with Crippen LogP contribution in [0.2, 0.25) is 0 Å². The Morgan fingerprint density at radius 1 is 0.897 bits per heavy atom. The molecule has 0 bridgehead atoms. The van der Waals surface area contributed by atoms with Gasteiger partial charge in [-0.25, -0.2) is 13.1 Å². The van der Waals surface area contributed by atoms with Gasteiger partial charge in [-0.05, 0) is 67.7 Å². The van der Waals surface area contributed by atoms with Gasteiger partial charge in [0.15, 0.2) is 0 Å². The molecule has 1 aliphatic carbocycles. The van der Waals surface area contributed by atoms with Gasteiger partial charge in [-0.1, -0.05) is 60.7 Å². The number of hydrogen-bond donors (Lipinski definition) is 1. The van der Waals surface area contributed by atoms with Gasteiger partial charge in [0.05, 0.1) is 6.26 Å². The summed E-state index contributed by atoms with van der Waals surface area (Å²) in [5.41, 5.74) is 2.81. The minimum Gasteiger partial charge on any atom is -0.303 e. The maximum Gasteiger partial charge on any atom is 0.208 e. The summed E-state index contributed by atoms with van der Waals surface area (Å²) in [5, 5.41) is 0. The Morgan fingerprint density at radius 3 is 2.07 bits per heavy atom. The van der Waals surface area contributed by atoms with Crippen LogP contribution in [0.1, 0.15) is 48.6 Å². The van der Waals surface area contributed by atoms with Gasteiger partial charge in [-0.15, -0.1) is 0 Å². The molecule has 1 unspecified atom stereocenters. The van der Waals surface area contributed by atoms with Gasteiger partial charge in [0, 0.05) is 12.6 Å². The van der Waals surface area contributed by atoms with Crippen LogP contribution < -0.4 is 4.72 Å². The van der Waals surface area contributed by atoms with E-state index in [0.717, 1.165) is 32.5 Å². The van der Waals surface area contributed by atoms with Crippen molar-refractivity contribution in [2.45, 2.75) is 43.6 Å². The normalized spacial score (nSPS) is 26.6. The predicted molar refractivity (Wildman–Crippen MR) is 119 cm³/mol. The first-order chi connectivity index (χ1) is 14.0. The van der Waals surface area contributed by atoms with Crippen LogP contribution >= 0.6 is 0 Å². The van der Waals surface area contributed by atoms with Crippen LogP contribution in [0.3, 0.4) is 0 Å². The minimum atomic E-state index is -3.17. The van der Waals surface area contributed by atoms with Crippen LogP contribution in [0.4, 0.5) is 0 Å². The Morgan fingerprint density at radius 2 is 1.48 bits per heavy atom. The molecule has 2 aromatic carbocycles. The van der Waals surface area contributed by atoms with E-state index in [0.29, 0.717) is 17.8 Å². The second kappa shape index (κ2) is 8.99. The van der Waals surface area contributed by atoms with Gasteiger partial charge in [0.25, 0.3) is 0 Å². The monoisotopic (exact) mass is 412 g/mol. The molecular weight excluding hydrogens is 380 g/mol. The predicted octanol–water partition coefficient (Wildman–Crippen LogP) is 3.98. The van der Waals surface area contributed by atoms with Crippen molar-refractivity contribution in [2.24, 2.45) is 5.92 Å². The van der Waals surface area contributed by atoms with Crippen LogP contribution in [0.25, 0.3) is 0 Å². The second-order valence-corrected chi connectivity index (χ2v) is 10.6. The fourth-order valence-electron chi connectivity index (χ4n) is 5.34. The van der Waals surface area contributed by atoms with E-state index in [-0.39, 0.29) is 6.04 Å². The zero-order valence-electron chi connectivity index (χ0n) is 17.2. The molecule has 1 saturated carbocycles. The molecule has 0 amide bonds. The standard InChI is InChI=1S/C24H32N2O2S/c1-29(27,28)25-23-16-22(24(17-23)21-10-6-3-7-11-21)18-26-14-12-20(13-15-26)19-8-4-2-5-9-19/h2-11,20,22-25H,12-18H2,1H3/t22-,23?,24-/m1/s1. The molecule has 0 spiro atoms. The first-order valence-electron chi connectivity index (χ1n) is 10.8. The minimum absolute atomic E-state index is 0.0436. The first kappa shape index (κ1) is 20.6. The SMILES string of the molecule is CS(=O)(=O)NC1C[C@H](CN2CCC(c3ccccc3)CC2)[C@@H](c2ccccc2)C1. The third-order valence-electron chi connectivity index (χ3n) is 6.65. The van der Waals surface area contributed by atoms with Crippen LogP contribution in [0, 0.1) is 5.92 Å². The van der Waals surface area contributed by atoms with Gasteiger partial charge in [-0.3, -0.25) is 0 Å². The van der Waals surface area contributed by atoms with Crippen molar-refractivity contribution in [1.82, 2.24) is 9.62 Å². The lowest BCUT2D eigenvalue weighted by Crippen LogP contribution is -2.37. The molecule has 1 aliphatic heterocycles. The maximum absolute atomic E-state index is 11.8. The van der Waals surface area contributed by atoms with E-state index in [1.54, 1.807) is 0 Å². The lowest BCUT2D eigenvalue weighted by Gasteiger charge is -2.35. The third kappa shape index (κ3) is 5.47. The summed E-state index contributed by atoms with van der Waals surface area (Å²) in [6.45, 7) is 3.31. The Hall–Kier alpha value is -1.69. The Bertz CT molecular complexity index is 878. The molecule has 3 atom stereocenters. The molecule has 1 saturated heterocycles. The summed E-state index contributed by atoms with van der Waals surface area (Å²) >= 11 is 0. The lowest BCUT2D eigenvalue weighted by molar-refractivity contribution is 0.177. The molecule has 5 heteroatoms. The number of sulfonamides is 1. The summed E-state index contributed by atoms with van der Waals surface area (Å²) in [5.74, 6) is 1.58. The van der Waals surface area contributed by atoms with Gasteiger partial charge in [0.2, 0.25) is 10.0 Å².